The molecule has 0 unspecified atom stereocenters. The van der Waals surface area contributed by atoms with Crippen LogP contribution < -0.4 is 4.84 Å². The van der Waals surface area contributed by atoms with Crippen molar-refractivity contribution in [1.29, 1.82) is 0 Å². The van der Waals surface area contributed by atoms with Gasteiger partial charge in [0.1, 0.15) is 0 Å². The molecule has 0 radical (unpaired) electrons. The van der Waals surface area contributed by atoms with Crippen molar-refractivity contribution in [2.24, 2.45) is 0 Å². The maximum absolute atomic E-state index is 12.0. The van der Waals surface area contributed by atoms with Gasteiger partial charge in [0.05, 0.1) is 6.20 Å². The lowest BCUT2D eigenvalue weighted by atomic mass is 9.96. The van der Waals surface area contributed by atoms with Gasteiger partial charge in [-0.15, -0.1) is 0 Å². The number of amides is 1. The molecule has 0 aromatic carbocycles. The summed E-state index contributed by atoms with van der Waals surface area (Å²) in [4.78, 5) is 23.4. The van der Waals surface area contributed by atoms with Gasteiger partial charge in [0.2, 0.25) is 0 Å². The Morgan fingerprint density at radius 3 is 2.56 bits per heavy atom. The van der Waals surface area contributed by atoms with Gasteiger partial charge in [-0.25, -0.2) is 9.78 Å². The van der Waals surface area contributed by atoms with E-state index in [1.165, 1.54) is 11.2 Å². The van der Waals surface area contributed by atoms with Crippen LogP contribution >= 0.6 is 0 Å². The standard InChI is InChI=1S/C13H21N3O2/c1-13(2,3)11-14-7-10-16(11)18-12(17)15-8-5-4-6-9-15/h7,10H,4-6,8-9H2,1-3H3. The molecular formula is C13H21N3O2. The first-order chi connectivity index (χ1) is 8.48. The number of hydrogen-bond donors (Lipinski definition) is 0. The van der Waals surface area contributed by atoms with Crippen LogP contribution in [0.15, 0.2) is 12.4 Å². The van der Waals surface area contributed by atoms with Crippen molar-refractivity contribution in [3.63, 3.8) is 0 Å². The van der Waals surface area contributed by atoms with E-state index in [2.05, 4.69) is 4.98 Å². The van der Waals surface area contributed by atoms with E-state index in [4.69, 9.17) is 4.84 Å². The van der Waals surface area contributed by atoms with Crippen LogP contribution in [0.25, 0.3) is 0 Å². The quantitative estimate of drug-likeness (QED) is 0.769. The van der Waals surface area contributed by atoms with Gasteiger partial charge in [-0.3, -0.25) is 0 Å². The number of piperidine rings is 1. The Labute approximate surface area is 108 Å². The van der Waals surface area contributed by atoms with E-state index in [1.807, 2.05) is 20.8 Å². The van der Waals surface area contributed by atoms with Crippen molar-refractivity contribution in [1.82, 2.24) is 14.6 Å². The molecule has 1 aliphatic heterocycles. The number of hydrogen-bond acceptors (Lipinski definition) is 3. The molecule has 0 atom stereocenters. The Morgan fingerprint density at radius 2 is 1.94 bits per heavy atom. The molecule has 5 heteroatoms. The average Bonchev–Trinajstić information content (AvgIpc) is 2.78. The highest BCUT2D eigenvalue weighted by atomic mass is 16.7. The number of rotatable bonds is 1. The Morgan fingerprint density at radius 1 is 1.28 bits per heavy atom. The average molecular weight is 251 g/mol. The number of carbonyl (C=O) groups is 1. The summed E-state index contributed by atoms with van der Waals surface area (Å²) in [5.41, 5.74) is -0.147. The lowest BCUT2D eigenvalue weighted by molar-refractivity contribution is 0.0799. The minimum atomic E-state index is -0.279. The van der Waals surface area contributed by atoms with E-state index in [-0.39, 0.29) is 11.5 Å². The van der Waals surface area contributed by atoms with Crippen molar-refractivity contribution >= 4 is 6.09 Å². The van der Waals surface area contributed by atoms with Crippen LogP contribution in [0.3, 0.4) is 0 Å². The third kappa shape index (κ3) is 2.83. The first-order valence-electron chi connectivity index (χ1n) is 6.49. The van der Waals surface area contributed by atoms with Gasteiger partial charge in [0.25, 0.3) is 0 Å². The number of imidazole rings is 1. The SMILES string of the molecule is CC(C)(C)c1nccn1OC(=O)N1CCCCC1. The van der Waals surface area contributed by atoms with Gasteiger partial charge in [0, 0.05) is 24.7 Å². The predicted molar refractivity (Wildman–Crippen MR) is 68.3 cm³/mol. The predicted octanol–water partition coefficient (Wildman–Crippen LogP) is 2.22. The summed E-state index contributed by atoms with van der Waals surface area (Å²) < 4.78 is 1.48. The summed E-state index contributed by atoms with van der Waals surface area (Å²) in [5.74, 6) is 0.757. The van der Waals surface area contributed by atoms with Crippen LogP contribution in [0.2, 0.25) is 0 Å². The topological polar surface area (TPSA) is 47.4 Å². The maximum Gasteiger partial charge on any atom is 0.434 e. The Hall–Kier alpha value is -1.52. The second kappa shape index (κ2) is 5.00. The highest BCUT2D eigenvalue weighted by Crippen LogP contribution is 2.19. The summed E-state index contributed by atoms with van der Waals surface area (Å²) in [6.45, 7) is 7.71. The maximum atomic E-state index is 12.0. The molecule has 18 heavy (non-hydrogen) atoms. The number of carbonyl (C=O) groups excluding carboxylic acids is 1. The van der Waals surface area contributed by atoms with Gasteiger partial charge in [-0.05, 0) is 19.3 Å². The summed E-state index contributed by atoms with van der Waals surface area (Å²) >= 11 is 0. The third-order valence-electron chi connectivity index (χ3n) is 3.07. The van der Waals surface area contributed by atoms with Gasteiger partial charge >= 0.3 is 6.09 Å². The van der Waals surface area contributed by atoms with Gasteiger partial charge < -0.3 is 9.74 Å². The smallest absolute Gasteiger partial charge is 0.316 e. The van der Waals surface area contributed by atoms with E-state index in [1.54, 1.807) is 17.3 Å². The summed E-state index contributed by atoms with van der Waals surface area (Å²) in [6.07, 6.45) is 6.38. The van der Waals surface area contributed by atoms with Gasteiger partial charge in [-0.2, -0.15) is 4.73 Å². The molecule has 0 saturated carbocycles. The second-order valence-electron chi connectivity index (χ2n) is 5.73. The fourth-order valence-electron chi connectivity index (χ4n) is 2.11. The molecule has 0 aliphatic carbocycles. The lowest BCUT2D eigenvalue weighted by Gasteiger charge is -2.26. The second-order valence-corrected chi connectivity index (χ2v) is 5.73. The first-order valence-corrected chi connectivity index (χ1v) is 6.49. The molecule has 1 fully saturated rings. The normalized spacial score (nSPS) is 16.7. The highest BCUT2D eigenvalue weighted by molar-refractivity contribution is 5.68. The Balaban J connectivity index is 2.05. The number of nitrogens with zero attached hydrogens (tertiary/aromatic N) is 3. The van der Waals surface area contributed by atoms with Crippen molar-refractivity contribution in [3.05, 3.63) is 18.2 Å². The molecule has 5 nitrogen and oxygen atoms in total. The highest BCUT2D eigenvalue weighted by Gasteiger charge is 2.24. The lowest BCUT2D eigenvalue weighted by Crippen LogP contribution is -2.41. The summed E-state index contributed by atoms with van der Waals surface area (Å²) in [5, 5.41) is 0. The fourth-order valence-corrected chi connectivity index (χ4v) is 2.11. The molecule has 0 N–H and O–H groups in total. The number of likely N-dealkylation sites (tertiary alicyclic amines) is 1. The summed E-state index contributed by atoms with van der Waals surface area (Å²) in [6, 6.07) is 0. The zero-order chi connectivity index (χ0) is 13.2. The third-order valence-corrected chi connectivity index (χ3v) is 3.07. The molecule has 0 bridgehead atoms. The van der Waals surface area contributed by atoms with Crippen molar-refractivity contribution in [2.75, 3.05) is 13.1 Å². The minimum absolute atomic E-state index is 0.147. The molecule has 1 amide bonds. The van der Waals surface area contributed by atoms with E-state index < -0.39 is 0 Å². The molecule has 1 saturated heterocycles. The first kappa shape index (κ1) is 12.9. The minimum Gasteiger partial charge on any atom is -0.316 e. The molecule has 0 spiro atoms. The number of aromatic nitrogens is 2. The van der Waals surface area contributed by atoms with Crippen LogP contribution in [-0.4, -0.2) is 33.8 Å². The zero-order valence-corrected chi connectivity index (χ0v) is 11.3. The molecule has 1 aliphatic rings. The fraction of sp³-hybridized carbons (Fsp3) is 0.692. The molecule has 100 valence electrons. The Bertz CT molecular complexity index is 414. The van der Waals surface area contributed by atoms with E-state index >= 15 is 0 Å². The van der Waals surface area contributed by atoms with Crippen LogP contribution in [-0.2, 0) is 5.41 Å². The molecule has 1 aromatic rings. The van der Waals surface area contributed by atoms with Crippen LogP contribution in [0.4, 0.5) is 4.79 Å². The van der Waals surface area contributed by atoms with Crippen LogP contribution in [0, 0.1) is 0 Å². The van der Waals surface area contributed by atoms with E-state index in [0.29, 0.717) is 0 Å². The van der Waals surface area contributed by atoms with Gasteiger partial charge in [0.15, 0.2) is 5.82 Å². The van der Waals surface area contributed by atoms with Crippen molar-refractivity contribution in [3.8, 4) is 0 Å². The zero-order valence-electron chi connectivity index (χ0n) is 11.3. The molecular weight excluding hydrogens is 230 g/mol. The van der Waals surface area contributed by atoms with Crippen molar-refractivity contribution in [2.45, 2.75) is 45.4 Å². The van der Waals surface area contributed by atoms with Gasteiger partial charge in [-0.1, -0.05) is 20.8 Å². The summed E-state index contributed by atoms with van der Waals surface area (Å²) in [7, 11) is 0. The monoisotopic (exact) mass is 251 g/mol. The van der Waals surface area contributed by atoms with Crippen LogP contribution in [0.5, 0.6) is 0 Å². The van der Waals surface area contributed by atoms with E-state index in [9.17, 15) is 4.79 Å². The van der Waals surface area contributed by atoms with Crippen LogP contribution in [0.1, 0.15) is 45.9 Å². The molecule has 2 heterocycles. The molecule has 2 rings (SSSR count). The largest absolute Gasteiger partial charge is 0.434 e. The molecule has 1 aromatic heterocycles. The van der Waals surface area contributed by atoms with Crippen molar-refractivity contribution < 1.29 is 9.63 Å². The van der Waals surface area contributed by atoms with E-state index in [0.717, 1.165) is 31.8 Å². The Kier molecular flexibility index (Phi) is 3.59.